The van der Waals surface area contributed by atoms with Gasteiger partial charge in [0, 0.05) is 26.4 Å². The summed E-state index contributed by atoms with van der Waals surface area (Å²) >= 11 is 0. The molecule has 88 valence electrons. The highest BCUT2D eigenvalue weighted by Crippen LogP contribution is 2.39. The Kier molecular flexibility index (Phi) is 3.65. The Hall–Kier alpha value is -0.120. The van der Waals surface area contributed by atoms with Crippen molar-refractivity contribution in [2.45, 2.75) is 50.2 Å². The van der Waals surface area contributed by atoms with Gasteiger partial charge in [-0.2, -0.15) is 0 Å². The van der Waals surface area contributed by atoms with Gasteiger partial charge in [0.25, 0.3) is 0 Å². The minimum absolute atomic E-state index is 0.0122. The zero-order valence-electron chi connectivity index (χ0n) is 9.71. The molecule has 2 N–H and O–H groups in total. The summed E-state index contributed by atoms with van der Waals surface area (Å²) in [6.45, 7) is 1.83. The summed E-state index contributed by atoms with van der Waals surface area (Å²) in [5.74, 6) is 0.751. The van der Waals surface area contributed by atoms with Crippen LogP contribution in [0, 0.1) is 5.92 Å². The fourth-order valence-electron chi connectivity index (χ4n) is 2.81. The van der Waals surface area contributed by atoms with Crippen LogP contribution in [0.15, 0.2) is 0 Å². The molecule has 1 heterocycles. The van der Waals surface area contributed by atoms with E-state index in [1.54, 1.807) is 0 Å². The lowest BCUT2D eigenvalue weighted by Gasteiger charge is -2.46. The highest BCUT2D eigenvalue weighted by atomic mass is 16.5. The van der Waals surface area contributed by atoms with E-state index in [4.69, 9.17) is 15.2 Å². The molecule has 3 nitrogen and oxygen atoms in total. The van der Waals surface area contributed by atoms with E-state index < -0.39 is 0 Å². The number of methoxy groups -OCH3 is 1. The Morgan fingerprint density at radius 1 is 1.40 bits per heavy atom. The third-order valence-corrected chi connectivity index (χ3v) is 4.21. The Labute approximate surface area is 92.3 Å². The first kappa shape index (κ1) is 11.4. The van der Waals surface area contributed by atoms with Crippen molar-refractivity contribution in [3.05, 3.63) is 0 Å². The van der Waals surface area contributed by atoms with Crippen LogP contribution >= 0.6 is 0 Å². The van der Waals surface area contributed by atoms with Crippen LogP contribution in [0.1, 0.15) is 38.5 Å². The van der Waals surface area contributed by atoms with Crippen molar-refractivity contribution in [1.29, 1.82) is 0 Å². The van der Waals surface area contributed by atoms with Gasteiger partial charge in [-0.25, -0.2) is 0 Å². The summed E-state index contributed by atoms with van der Waals surface area (Å²) < 4.78 is 11.0. The van der Waals surface area contributed by atoms with Crippen LogP contribution in [0.2, 0.25) is 0 Å². The van der Waals surface area contributed by atoms with Crippen molar-refractivity contribution in [3.8, 4) is 0 Å². The lowest BCUT2D eigenvalue weighted by molar-refractivity contribution is -0.0964. The maximum absolute atomic E-state index is 6.29. The molecule has 1 atom stereocenters. The van der Waals surface area contributed by atoms with Crippen molar-refractivity contribution in [1.82, 2.24) is 0 Å². The molecule has 0 aromatic rings. The molecule has 1 saturated heterocycles. The smallest absolute Gasteiger partial charge is 0.0829 e. The van der Waals surface area contributed by atoms with E-state index in [9.17, 15) is 0 Å². The molecular formula is C12H23NO2. The van der Waals surface area contributed by atoms with Crippen molar-refractivity contribution < 1.29 is 9.47 Å². The van der Waals surface area contributed by atoms with E-state index in [0.29, 0.717) is 0 Å². The van der Waals surface area contributed by atoms with Gasteiger partial charge in [-0.3, -0.25) is 0 Å². The molecule has 0 bridgehead atoms. The monoisotopic (exact) mass is 213 g/mol. The van der Waals surface area contributed by atoms with Gasteiger partial charge in [-0.1, -0.05) is 0 Å². The average Bonchev–Trinajstić information content (AvgIpc) is 2.18. The normalized spacial score (nSPS) is 28.4. The molecule has 1 saturated carbocycles. The molecule has 0 spiro atoms. The van der Waals surface area contributed by atoms with E-state index in [0.717, 1.165) is 38.4 Å². The van der Waals surface area contributed by atoms with E-state index in [-0.39, 0.29) is 11.6 Å². The van der Waals surface area contributed by atoms with Gasteiger partial charge in [0.1, 0.15) is 0 Å². The summed E-state index contributed by atoms with van der Waals surface area (Å²) in [4.78, 5) is 0. The van der Waals surface area contributed by atoms with Crippen molar-refractivity contribution in [3.63, 3.8) is 0 Å². The van der Waals surface area contributed by atoms with Gasteiger partial charge in [-0.05, 0) is 44.4 Å². The fourth-order valence-corrected chi connectivity index (χ4v) is 2.81. The Balaban J connectivity index is 1.82. The van der Waals surface area contributed by atoms with Crippen molar-refractivity contribution >= 4 is 0 Å². The number of ether oxygens (including phenoxy) is 2. The van der Waals surface area contributed by atoms with Crippen molar-refractivity contribution in [2.24, 2.45) is 11.7 Å². The molecule has 0 radical (unpaired) electrons. The zero-order valence-corrected chi connectivity index (χ0v) is 9.71. The molecule has 2 rings (SSSR count). The zero-order chi connectivity index (χ0) is 10.7. The molecule has 15 heavy (non-hydrogen) atoms. The van der Waals surface area contributed by atoms with Crippen LogP contribution in [0.5, 0.6) is 0 Å². The predicted molar refractivity (Wildman–Crippen MR) is 59.7 cm³/mol. The largest absolute Gasteiger partial charge is 0.381 e. The van der Waals surface area contributed by atoms with Crippen LogP contribution in [0.3, 0.4) is 0 Å². The van der Waals surface area contributed by atoms with Crippen LogP contribution in [0.25, 0.3) is 0 Å². The van der Waals surface area contributed by atoms with E-state index >= 15 is 0 Å². The van der Waals surface area contributed by atoms with E-state index in [1.165, 1.54) is 19.3 Å². The average molecular weight is 213 g/mol. The third-order valence-electron chi connectivity index (χ3n) is 4.21. The first-order valence-corrected chi connectivity index (χ1v) is 6.15. The van der Waals surface area contributed by atoms with Gasteiger partial charge in [0.05, 0.1) is 5.60 Å². The second-order valence-corrected chi connectivity index (χ2v) is 5.02. The van der Waals surface area contributed by atoms with Gasteiger partial charge in [0.15, 0.2) is 0 Å². The second kappa shape index (κ2) is 4.81. The minimum Gasteiger partial charge on any atom is -0.381 e. The topological polar surface area (TPSA) is 44.5 Å². The standard InChI is InChI=1S/C12H23NO2/c1-14-12(5-2-6-12)11(13)9-10-3-7-15-8-4-10/h10-11H,2-9,13H2,1H3. The molecule has 1 aliphatic carbocycles. The van der Waals surface area contributed by atoms with Crippen LogP contribution in [0.4, 0.5) is 0 Å². The molecule has 0 aromatic heterocycles. The predicted octanol–water partition coefficient (Wildman–Crippen LogP) is 1.70. The Morgan fingerprint density at radius 2 is 2.07 bits per heavy atom. The van der Waals surface area contributed by atoms with E-state index in [1.807, 2.05) is 7.11 Å². The minimum atomic E-state index is 0.0122. The molecule has 2 aliphatic rings. The van der Waals surface area contributed by atoms with Gasteiger partial charge >= 0.3 is 0 Å². The SMILES string of the molecule is COC1(C(N)CC2CCOCC2)CCC1. The summed E-state index contributed by atoms with van der Waals surface area (Å²) in [6, 6.07) is 0.222. The number of rotatable bonds is 4. The molecule has 2 fully saturated rings. The molecule has 0 amide bonds. The molecule has 1 aliphatic heterocycles. The van der Waals surface area contributed by atoms with Gasteiger partial charge in [-0.15, -0.1) is 0 Å². The van der Waals surface area contributed by atoms with Crippen LogP contribution < -0.4 is 5.73 Å². The highest BCUT2D eigenvalue weighted by molar-refractivity contribution is 4.98. The Morgan fingerprint density at radius 3 is 2.53 bits per heavy atom. The summed E-state index contributed by atoms with van der Waals surface area (Å²) in [6.07, 6.45) is 7.02. The van der Waals surface area contributed by atoms with Crippen molar-refractivity contribution in [2.75, 3.05) is 20.3 Å². The summed E-state index contributed by atoms with van der Waals surface area (Å²) in [7, 11) is 1.81. The van der Waals surface area contributed by atoms with Crippen LogP contribution in [-0.2, 0) is 9.47 Å². The maximum Gasteiger partial charge on any atom is 0.0829 e. The van der Waals surface area contributed by atoms with Crippen LogP contribution in [-0.4, -0.2) is 32.0 Å². The quantitative estimate of drug-likeness (QED) is 0.773. The number of hydrogen-bond donors (Lipinski definition) is 1. The lowest BCUT2D eigenvalue weighted by atomic mass is 9.71. The lowest BCUT2D eigenvalue weighted by Crippen LogP contribution is -2.55. The molecular weight excluding hydrogens is 190 g/mol. The number of hydrogen-bond acceptors (Lipinski definition) is 3. The number of nitrogens with two attached hydrogens (primary N) is 1. The third kappa shape index (κ3) is 2.35. The first-order chi connectivity index (χ1) is 7.27. The van der Waals surface area contributed by atoms with E-state index in [2.05, 4.69) is 0 Å². The van der Waals surface area contributed by atoms with Gasteiger partial charge in [0.2, 0.25) is 0 Å². The molecule has 0 aromatic carbocycles. The molecule has 3 heteroatoms. The molecule has 1 unspecified atom stereocenters. The first-order valence-electron chi connectivity index (χ1n) is 6.15. The maximum atomic E-state index is 6.29. The second-order valence-electron chi connectivity index (χ2n) is 5.02. The fraction of sp³-hybridized carbons (Fsp3) is 1.00. The highest BCUT2D eigenvalue weighted by Gasteiger charge is 2.43. The summed E-state index contributed by atoms with van der Waals surface area (Å²) in [5, 5.41) is 0. The Bertz CT molecular complexity index is 192. The van der Waals surface area contributed by atoms with Gasteiger partial charge < -0.3 is 15.2 Å². The summed E-state index contributed by atoms with van der Waals surface area (Å²) in [5.41, 5.74) is 6.30.